The molecule has 0 fully saturated rings. The fourth-order valence-corrected chi connectivity index (χ4v) is 4.37. The topological polar surface area (TPSA) is 55.8 Å². The van der Waals surface area contributed by atoms with Crippen LogP contribution in [-0.4, -0.2) is 38.6 Å². The first-order valence-corrected chi connectivity index (χ1v) is 11.9. The number of benzene rings is 4. The van der Waals surface area contributed by atoms with Crippen molar-refractivity contribution in [3.05, 3.63) is 119 Å². The Morgan fingerprint density at radius 2 is 1.38 bits per heavy atom. The normalized spacial score (nSPS) is 10.6. The number of nitrogens with zero attached hydrogens (tertiary/aromatic N) is 1. The van der Waals surface area contributed by atoms with E-state index < -0.39 is 5.68 Å². The zero-order chi connectivity index (χ0) is 26.4. The summed E-state index contributed by atoms with van der Waals surface area (Å²) >= 11 is 0. The summed E-state index contributed by atoms with van der Waals surface area (Å²) in [7, 11) is 8.62. The Kier molecular flexibility index (Phi) is 8.09. The van der Waals surface area contributed by atoms with Gasteiger partial charge in [0.1, 0.15) is 17.2 Å². The van der Waals surface area contributed by atoms with Crippen LogP contribution in [0, 0.1) is 6.92 Å². The summed E-state index contributed by atoms with van der Waals surface area (Å²) in [4.78, 5) is 27.5. The molecule has 0 aliphatic rings. The minimum Gasteiger partial charge on any atom is -0.496 e. The Hall–Kier alpha value is -4.32. The smallest absolute Gasteiger partial charge is 0.255 e. The van der Waals surface area contributed by atoms with Gasteiger partial charge in [-0.2, -0.15) is 0 Å². The van der Waals surface area contributed by atoms with Crippen molar-refractivity contribution < 1.29 is 19.1 Å². The van der Waals surface area contributed by atoms with Gasteiger partial charge in [-0.3, -0.25) is 4.79 Å². The van der Waals surface area contributed by atoms with Crippen LogP contribution in [0.2, 0.25) is 0 Å². The molecule has 0 bridgehead atoms. The largest absolute Gasteiger partial charge is 0.496 e. The molecule has 4 aromatic rings. The maximum Gasteiger partial charge on any atom is 0.255 e. The van der Waals surface area contributed by atoms with Crippen molar-refractivity contribution in [2.75, 3.05) is 14.2 Å². The molecule has 0 saturated heterocycles. The van der Waals surface area contributed by atoms with Crippen molar-refractivity contribution in [1.82, 2.24) is 4.90 Å². The summed E-state index contributed by atoms with van der Waals surface area (Å²) in [6.07, 6.45) is 0. The van der Waals surface area contributed by atoms with Gasteiger partial charge >= 0.3 is 0 Å². The molecule has 0 aromatic heterocycles. The molecule has 0 N–H and O–H groups in total. The minimum absolute atomic E-state index is 0.136. The Morgan fingerprint density at radius 3 is 1.97 bits per heavy atom. The predicted molar refractivity (Wildman–Crippen MR) is 146 cm³/mol. The third-order valence-electron chi connectivity index (χ3n) is 6.24. The molecule has 4 aromatic carbocycles. The number of carbonyl (C=O) groups is 2. The van der Waals surface area contributed by atoms with Crippen LogP contribution in [0.15, 0.2) is 91.0 Å². The van der Waals surface area contributed by atoms with Crippen LogP contribution in [0.5, 0.6) is 11.5 Å². The second-order valence-electron chi connectivity index (χ2n) is 8.78. The van der Waals surface area contributed by atoms with Crippen molar-refractivity contribution in [3.8, 4) is 22.6 Å². The molecule has 0 aliphatic carbocycles. The van der Waals surface area contributed by atoms with Crippen LogP contribution in [-0.2, 0) is 13.1 Å². The summed E-state index contributed by atoms with van der Waals surface area (Å²) in [5, 5.41) is 0. The summed E-state index contributed by atoms with van der Waals surface area (Å²) in [6.45, 7) is 2.53. The van der Waals surface area contributed by atoms with Gasteiger partial charge in [0.2, 0.25) is 0 Å². The molecule has 0 spiro atoms. The average molecular weight is 489 g/mol. The van der Waals surface area contributed by atoms with Crippen LogP contribution in [0.1, 0.15) is 37.4 Å². The lowest BCUT2D eigenvalue weighted by atomic mass is 9.94. The average Bonchev–Trinajstić information content (AvgIpc) is 2.93. The highest BCUT2D eigenvalue weighted by Gasteiger charge is 2.23. The number of rotatable bonds is 9. The minimum atomic E-state index is -0.495. The van der Waals surface area contributed by atoms with Gasteiger partial charge in [0, 0.05) is 17.7 Å². The SMILES string of the molecule is [B]C(=O)c1ccc(CN(Cc2c(OC)cc(C)cc2OC)C(=O)c2ccccc2-c2ccccc2)cc1. The molecule has 5 nitrogen and oxygen atoms in total. The highest BCUT2D eigenvalue weighted by Crippen LogP contribution is 2.33. The number of methoxy groups -OCH3 is 2. The second-order valence-corrected chi connectivity index (χ2v) is 8.78. The van der Waals surface area contributed by atoms with E-state index in [0.717, 1.165) is 27.8 Å². The summed E-state index contributed by atoms with van der Waals surface area (Å²) in [5.74, 6) is 1.16. The first-order chi connectivity index (χ1) is 17.9. The number of hydrogen-bond acceptors (Lipinski definition) is 4. The maximum atomic E-state index is 14.2. The van der Waals surface area contributed by atoms with Crippen LogP contribution in [0.25, 0.3) is 11.1 Å². The molecule has 4 rings (SSSR count). The van der Waals surface area contributed by atoms with Crippen LogP contribution < -0.4 is 9.47 Å². The molecule has 184 valence electrons. The van der Waals surface area contributed by atoms with E-state index in [1.807, 2.05) is 85.8 Å². The molecular weight excluding hydrogens is 461 g/mol. The second kappa shape index (κ2) is 11.6. The van der Waals surface area contributed by atoms with Gasteiger partial charge in [-0.15, -0.1) is 0 Å². The Bertz CT molecular complexity index is 1380. The van der Waals surface area contributed by atoms with Gasteiger partial charge < -0.3 is 19.2 Å². The third kappa shape index (κ3) is 5.92. The Balaban J connectivity index is 1.78. The Morgan fingerprint density at radius 1 is 0.784 bits per heavy atom. The quantitative estimate of drug-likeness (QED) is 0.278. The number of aryl methyl sites for hydroxylation is 1. The molecular formula is C31H28BNO4. The molecule has 0 aliphatic heterocycles. The monoisotopic (exact) mass is 489 g/mol. The number of carbonyl (C=O) groups excluding carboxylic acids is 2. The zero-order valence-corrected chi connectivity index (χ0v) is 21.2. The number of amides is 1. The van der Waals surface area contributed by atoms with Gasteiger partial charge in [-0.1, -0.05) is 72.8 Å². The van der Waals surface area contributed by atoms with Gasteiger partial charge in [-0.05, 0) is 47.4 Å². The van der Waals surface area contributed by atoms with E-state index in [1.165, 1.54) is 0 Å². The summed E-state index contributed by atoms with van der Waals surface area (Å²) in [6, 6.07) is 28.3. The van der Waals surface area contributed by atoms with Gasteiger partial charge in [0.25, 0.3) is 5.91 Å². The van der Waals surface area contributed by atoms with Crippen molar-refractivity contribution >= 4 is 19.4 Å². The molecule has 0 atom stereocenters. The van der Waals surface area contributed by atoms with E-state index in [1.54, 1.807) is 31.3 Å². The molecule has 6 heteroatoms. The van der Waals surface area contributed by atoms with E-state index in [2.05, 4.69) is 0 Å². The highest BCUT2D eigenvalue weighted by atomic mass is 16.5. The van der Waals surface area contributed by atoms with Gasteiger partial charge in [0.15, 0.2) is 7.85 Å². The number of ether oxygens (including phenoxy) is 2. The summed E-state index contributed by atoms with van der Waals surface area (Å²) in [5.41, 5.74) is 4.95. The lowest BCUT2D eigenvalue weighted by molar-refractivity contribution is 0.0728. The maximum absolute atomic E-state index is 14.2. The molecule has 37 heavy (non-hydrogen) atoms. The van der Waals surface area contributed by atoms with Crippen molar-refractivity contribution in [3.63, 3.8) is 0 Å². The van der Waals surface area contributed by atoms with E-state index >= 15 is 0 Å². The predicted octanol–water partition coefficient (Wildman–Crippen LogP) is 5.83. The van der Waals surface area contributed by atoms with Gasteiger partial charge in [0.05, 0.1) is 26.3 Å². The first kappa shape index (κ1) is 25.8. The van der Waals surface area contributed by atoms with Crippen LogP contribution in [0.3, 0.4) is 0 Å². The molecule has 0 saturated carbocycles. The standard InChI is InChI=1S/C31H28BNO4/c1-21-17-28(36-2)27(29(18-21)37-3)20-33(19-22-13-15-24(16-14-22)30(32)34)31(35)26-12-8-7-11-25(26)23-9-5-4-6-10-23/h4-18H,19-20H2,1-3H3. The van der Waals surface area contributed by atoms with Crippen LogP contribution >= 0.6 is 0 Å². The van der Waals surface area contributed by atoms with E-state index in [4.69, 9.17) is 17.3 Å². The zero-order valence-electron chi connectivity index (χ0n) is 21.2. The molecule has 0 unspecified atom stereocenters. The lowest BCUT2D eigenvalue weighted by Crippen LogP contribution is -2.31. The summed E-state index contributed by atoms with van der Waals surface area (Å²) < 4.78 is 11.3. The van der Waals surface area contributed by atoms with Crippen LogP contribution in [0.4, 0.5) is 0 Å². The van der Waals surface area contributed by atoms with Gasteiger partial charge in [-0.25, -0.2) is 0 Å². The van der Waals surface area contributed by atoms with Crippen molar-refractivity contribution in [2.24, 2.45) is 0 Å². The number of hydrogen-bond donors (Lipinski definition) is 0. The molecule has 1 amide bonds. The highest BCUT2D eigenvalue weighted by molar-refractivity contribution is 6.62. The fourth-order valence-electron chi connectivity index (χ4n) is 4.37. The fraction of sp³-hybridized carbons (Fsp3) is 0.161. The first-order valence-electron chi connectivity index (χ1n) is 11.9. The van der Waals surface area contributed by atoms with E-state index in [-0.39, 0.29) is 12.5 Å². The van der Waals surface area contributed by atoms with E-state index in [0.29, 0.717) is 29.2 Å². The Labute approximate surface area is 219 Å². The molecule has 2 radical (unpaired) electrons. The third-order valence-corrected chi connectivity index (χ3v) is 6.24. The molecule has 0 heterocycles. The lowest BCUT2D eigenvalue weighted by Gasteiger charge is -2.26. The van der Waals surface area contributed by atoms with Crippen molar-refractivity contribution in [1.29, 1.82) is 0 Å². The van der Waals surface area contributed by atoms with E-state index in [9.17, 15) is 9.59 Å². The van der Waals surface area contributed by atoms with Crippen molar-refractivity contribution in [2.45, 2.75) is 20.0 Å².